The quantitative estimate of drug-likeness (QED) is 0.546. The lowest BCUT2D eigenvalue weighted by Crippen LogP contribution is -2.24. The summed E-state index contributed by atoms with van der Waals surface area (Å²) in [6, 6.07) is 14.2. The average Bonchev–Trinajstić information content (AvgIpc) is 2.69. The minimum Gasteiger partial charge on any atom is -0.497 e. The zero-order valence-corrected chi connectivity index (χ0v) is 14.4. The fraction of sp³-hybridized carbons (Fsp3) is 0.158. The number of carbonyl (C=O) groups is 1. The van der Waals surface area contributed by atoms with Gasteiger partial charge < -0.3 is 4.74 Å². The van der Waals surface area contributed by atoms with E-state index in [-0.39, 0.29) is 11.3 Å². The van der Waals surface area contributed by atoms with Crippen molar-refractivity contribution in [1.82, 2.24) is 15.6 Å². The number of hydrazone groups is 1. The Balaban J connectivity index is 1.88. The molecule has 2 aromatic carbocycles. The van der Waals surface area contributed by atoms with E-state index >= 15 is 0 Å². The lowest BCUT2D eigenvalue weighted by Gasteiger charge is -2.07. The monoisotopic (exact) mass is 350 g/mol. The van der Waals surface area contributed by atoms with E-state index in [1.807, 2.05) is 31.2 Å². The Bertz CT molecular complexity index is 1020. The molecule has 3 rings (SSSR count). The number of ether oxygens (including phenoxy) is 1. The third-order valence-corrected chi connectivity index (χ3v) is 3.96. The summed E-state index contributed by atoms with van der Waals surface area (Å²) in [6.45, 7) is 1.95. The van der Waals surface area contributed by atoms with Gasteiger partial charge in [0.05, 0.1) is 18.2 Å². The van der Waals surface area contributed by atoms with Crippen molar-refractivity contribution >= 4 is 22.4 Å². The number of methoxy groups -OCH3 is 1. The van der Waals surface area contributed by atoms with Crippen molar-refractivity contribution in [3.8, 4) is 5.75 Å². The third-order valence-electron chi connectivity index (χ3n) is 3.96. The van der Waals surface area contributed by atoms with Crippen LogP contribution in [0.3, 0.4) is 0 Å². The van der Waals surface area contributed by atoms with Gasteiger partial charge in [-0.3, -0.25) is 9.59 Å². The SMILES string of the molecule is CC/C(=N/NC(=O)c1n[nH]c(=O)c2ccccc12)c1ccc(OC)cc1. The van der Waals surface area contributed by atoms with E-state index in [1.54, 1.807) is 31.4 Å². The summed E-state index contributed by atoms with van der Waals surface area (Å²) < 4.78 is 5.14. The Kier molecular flexibility index (Phi) is 5.07. The van der Waals surface area contributed by atoms with Crippen molar-refractivity contribution in [2.24, 2.45) is 5.10 Å². The summed E-state index contributed by atoms with van der Waals surface area (Å²) in [5.74, 6) is 0.258. The molecule has 2 N–H and O–H groups in total. The molecule has 0 aliphatic heterocycles. The molecule has 0 aliphatic rings. The number of aromatic amines is 1. The number of amides is 1. The molecule has 1 aromatic heterocycles. The van der Waals surface area contributed by atoms with Gasteiger partial charge in [-0.05, 0) is 42.3 Å². The first kappa shape index (κ1) is 17.3. The van der Waals surface area contributed by atoms with Crippen molar-refractivity contribution < 1.29 is 9.53 Å². The Morgan fingerprint density at radius 1 is 1.15 bits per heavy atom. The zero-order valence-electron chi connectivity index (χ0n) is 14.4. The Morgan fingerprint density at radius 2 is 1.85 bits per heavy atom. The van der Waals surface area contributed by atoms with Gasteiger partial charge in [-0.2, -0.15) is 10.2 Å². The predicted octanol–water partition coefficient (Wildman–Crippen LogP) is 2.48. The number of benzene rings is 2. The molecule has 0 spiro atoms. The maximum Gasteiger partial charge on any atom is 0.292 e. The maximum atomic E-state index is 12.5. The number of fused-ring (bicyclic) bond motifs is 1. The Morgan fingerprint density at radius 3 is 2.50 bits per heavy atom. The van der Waals surface area contributed by atoms with E-state index in [1.165, 1.54) is 0 Å². The molecule has 0 unspecified atom stereocenters. The van der Waals surface area contributed by atoms with Crippen LogP contribution in [0.25, 0.3) is 10.8 Å². The summed E-state index contributed by atoms with van der Waals surface area (Å²) in [7, 11) is 1.60. The smallest absolute Gasteiger partial charge is 0.292 e. The van der Waals surface area contributed by atoms with Gasteiger partial charge in [-0.15, -0.1) is 0 Å². The molecule has 0 saturated carbocycles. The molecule has 0 radical (unpaired) electrons. The molecule has 26 heavy (non-hydrogen) atoms. The first-order valence-corrected chi connectivity index (χ1v) is 8.12. The normalized spacial score (nSPS) is 11.4. The molecule has 7 nitrogen and oxygen atoms in total. The molecule has 0 aliphatic carbocycles. The summed E-state index contributed by atoms with van der Waals surface area (Å²) in [4.78, 5) is 24.3. The molecule has 0 fully saturated rings. The molecule has 0 bridgehead atoms. The molecular weight excluding hydrogens is 332 g/mol. The van der Waals surface area contributed by atoms with Crippen LogP contribution in [0.2, 0.25) is 0 Å². The van der Waals surface area contributed by atoms with Gasteiger partial charge in [0.2, 0.25) is 0 Å². The molecule has 1 heterocycles. The highest BCUT2D eigenvalue weighted by atomic mass is 16.5. The largest absolute Gasteiger partial charge is 0.497 e. The fourth-order valence-electron chi connectivity index (χ4n) is 2.59. The summed E-state index contributed by atoms with van der Waals surface area (Å²) in [5, 5.41) is 11.3. The van der Waals surface area contributed by atoms with E-state index in [9.17, 15) is 9.59 Å². The Labute approximate surface area is 149 Å². The third kappa shape index (κ3) is 3.46. The van der Waals surface area contributed by atoms with Crippen molar-refractivity contribution in [2.75, 3.05) is 7.11 Å². The van der Waals surface area contributed by atoms with Gasteiger partial charge in [0, 0.05) is 5.39 Å². The Hall–Kier alpha value is -3.48. The van der Waals surface area contributed by atoms with E-state index in [0.717, 1.165) is 17.0 Å². The van der Waals surface area contributed by atoms with Crippen LogP contribution in [0.15, 0.2) is 58.4 Å². The van der Waals surface area contributed by atoms with E-state index in [0.29, 0.717) is 17.2 Å². The van der Waals surface area contributed by atoms with Gasteiger partial charge >= 0.3 is 0 Å². The topological polar surface area (TPSA) is 96.4 Å². The highest BCUT2D eigenvalue weighted by Crippen LogP contribution is 2.14. The number of nitrogens with one attached hydrogen (secondary N) is 2. The zero-order chi connectivity index (χ0) is 18.5. The van der Waals surface area contributed by atoms with Gasteiger partial charge in [0.1, 0.15) is 5.75 Å². The van der Waals surface area contributed by atoms with Crippen molar-refractivity contribution in [3.63, 3.8) is 0 Å². The highest BCUT2D eigenvalue weighted by molar-refractivity contribution is 6.06. The predicted molar refractivity (Wildman–Crippen MR) is 99.7 cm³/mol. The number of rotatable bonds is 5. The van der Waals surface area contributed by atoms with Gasteiger partial charge in [-0.1, -0.05) is 25.1 Å². The van der Waals surface area contributed by atoms with Gasteiger partial charge in [0.25, 0.3) is 11.5 Å². The second kappa shape index (κ2) is 7.60. The van der Waals surface area contributed by atoms with Gasteiger partial charge in [0.15, 0.2) is 5.69 Å². The van der Waals surface area contributed by atoms with E-state index in [4.69, 9.17) is 4.74 Å². The van der Waals surface area contributed by atoms with Crippen LogP contribution in [0.5, 0.6) is 5.75 Å². The first-order valence-electron chi connectivity index (χ1n) is 8.12. The maximum absolute atomic E-state index is 12.5. The number of H-pyrrole nitrogens is 1. The van der Waals surface area contributed by atoms with Crippen LogP contribution < -0.4 is 15.7 Å². The van der Waals surface area contributed by atoms with Crippen LogP contribution in [0, 0.1) is 0 Å². The molecule has 3 aromatic rings. The number of hydrogen-bond acceptors (Lipinski definition) is 5. The lowest BCUT2D eigenvalue weighted by molar-refractivity contribution is 0.0950. The second-order valence-corrected chi connectivity index (χ2v) is 5.53. The molecule has 132 valence electrons. The van der Waals surface area contributed by atoms with Crippen molar-refractivity contribution in [2.45, 2.75) is 13.3 Å². The molecule has 0 atom stereocenters. The van der Waals surface area contributed by atoms with Crippen LogP contribution in [0.4, 0.5) is 0 Å². The van der Waals surface area contributed by atoms with Crippen molar-refractivity contribution in [1.29, 1.82) is 0 Å². The molecule has 1 amide bonds. The number of carbonyl (C=O) groups excluding carboxylic acids is 1. The van der Waals surface area contributed by atoms with Crippen LogP contribution >= 0.6 is 0 Å². The summed E-state index contributed by atoms with van der Waals surface area (Å²) in [6.07, 6.45) is 0.631. The fourth-order valence-corrected chi connectivity index (χ4v) is 2.59. The summed E-state index contributed by atoms with van der Waals surface area (Å²) in [5.41, 5.74) is 3.90. The van der Waals surface area contributed by atoms with Gasteiger partial charge in [-0.25, -0.2) is 10.5 Å². The molecule has 7 heteroatoms. The average molecular weight is 350 g/mol. The lowest BCUT2D eigenvalue weighted by atomic mass is 10.1. The van der Waals surface area contributed by atoms with E-state index < -0.39 is 5.91 Å². The highest BCUT2D eigenvalue weighted by Gasteiger charge is 2.14. The van der Waals surface area contributed by atoms with Crippen LogP contribution in [-0.4, -0.2) is 28.9 Å². The minimum atomic E-state index is -0.489. The minimum absolute atomic E-state index is 0.120. The van der Waals surface area contributed by atoms with Crippen LogP contribution in [-0.2, 0) is 0 Å². The first-order chi connectivity index (χ1) is 12.6. The standard InChI is InChI=1S/C19H18N4O3/c1-3-16(12-8-10-13(26-2)11-9-12)20-23-19(25)17-14-6-4-5-7-15(14)18(24)22-21-17/h4-11H,3H2,1-2H3,(H,22,24)(H,23,25)/b20-16-. The second-order valence-electron chi connectivity index (χ2n) is 5.53. The number of hydrogen-bond donors (Lipinski definition) is 2. The molecular formula is C19H18N4O3. The van der Waals surface area contributed by atoms with E-state index in [2.05, 4.69) is 20.7 Å². The summed E-state index contributed by atoms with van der Waals surface area (Å²) >= 11 is 0. The molecule has 0 saturated heterocycles. The van der Waals surface area contributed by atoms with Crippen molar-refractivity contribution in [3.05, 3.63) is 70.1 Å². The van der Waals surface area contributed by atoms with Crippen LogP contribution in [0.1, 0.15) is 29.4 Å². The number of aromatic nitrogens is 2. The number of nitrogens with zero attached hydrogens (tertiary/aromatic N) is 2.